The third kappa shape index (κ3) is 5.61. The van der Waals surface area contributed by atoms with Gasteiger partial charge in [0.05, 0.1) is 18.1 Å². The number of hydrogen-bond acceptors (Lipinski definition) is 9. The molecule has 10 heteroatoms. The quantitative estimate of drug-likeness (QED) is 0.441. The maximum Gasteiger partial charge on any atom is 0.353 e. The van der Waals surface area contributed by atoms with Crippen LogP contribution in [0.5, 0.6) is 0 Å². The highest BCUT2D eigenvalue weighted by Crippen LogP contribution is 2.31. The Kier molecular flexibility index (Phi) is 8.19. The summed E-state index contributed by atoms with van der Waals surface area (Å²) in [6.07, 6.45) is 2.10. The van der Waals surface area contributed by atoms with Gasteiger partial charge < -0.3 is 19.7 Å². The third-order valence-corrected chi connectivity index (χ3v) is 4.60. The van der Waals surface area contributed by atoms with E-state index in [1.807, 2.05) is 17.5 Å². The van der Waals surface area contributed by atoms with Crippen LogP contribution in [-0.4, -0.2) is 62.0 Å². The molecule has 2 rings (SSSR count). The van der Waals surface area contributed by atoms with E-state index in [2.05, 4.69) is 15.3 Å². The molecule has 0 radical (unpaired) electrons. The van der Waals surface area contributed by atoms with Crippen LogP contribution in [0.2, 0.25) is 0 Å². The van der Waals surface area contributed by atoms with Gasteiger partial charge in [0.25, 0.3) is 0 Å². The lowest BCUT2D eigenvalue weighted by molar-refractivity contribution is -0.383. The Morgan fingerprint density at radius 3 is 2.58 bits per heavy atom. The number of aromatic nitrogens is 2. The van der Waals surface area contributed by atoms with Crippen LogP contribution in [0.25, 0.3) is 0 Å². The number of rotatable bonds is 12. The minimum atomic E-state index is -0.449. The number of nitro groups is 1. The summed E-state index contributed by atoms with van der Waals surface area (Å²) in [5, 5.41) is 16.8. The van der Waals surface area contributed by atoms with E-state index >= 15 is 0 Å². The summed E-state index contributed by atoms with van der Waals surface area (Å²) < 4.78 is 10.2. The third-order valence-electron chi connectivity index (χ3n) is 3.66. The van der Waals surface area contributed by atoms with Crippen molar-refractivity contribution in [1.29, 1.82) is 0 Å². The van der Waals surface area contributed by atoms with Crippen LogP contribution in [0.4, 0.5) is 17.3 Å². The Balaban J connectivity index is 2.19. The molecule has 0 amide bonds. The van der Waals surface area contributed by atoms with Crippen LogP contribution in [-0.2, 0) is 15.9 Å². The number of hydrogen-bond donors (Lipinski definition) is 1. The second-order valence-corrected chi connectivity index (χ2v) is 6.41. The Hall–Kier alpha value is -2.30. The van der Waals surface area contributed by atoms with Gasteiger partial charge in [0, 0.05) is 38.7 Å². The van der Waals surface area contributed by atoms with Gasteiger partial charge in [-0.3, -0.25) is 10.1 Å². The predicted molar refractivity (Wildman–Crippen MR) is 101 cm³/mol. The highest BCUT2D eigenvalue weighted by Gasteiger charge is 2.26. The van der Waals surface area contributed by atoms with Crippen molar-refractivity contribution in [3.8, 4) is 0 Å². The summed E-state index contributed by atoms with van der Waals surface area (Å²) in [6, 6.07) is 4.01. The average molecular weight is 381 g/mol. The van der Waals surface area contributed by atoms with Gasteiger partial charge in [-0.15, -0.1) is 11.3 Å². The molecule has 0 aliphatic carbocycles. The minimum absolute atomic E-state index is 0.133. The average Bonchev–Trinajstić information content (AvgIpc) is 3.15. The van der Waals surface area contributed by atoms with E-state index in [0.717, 1.165) is 6.42 Å². The molecule has 26 heavy (non-hydrogen) atoms. The lowest BCUT2D eigenvalue weighted by Crippen LogP contribution is -2.32. The molecule has 142 valence electrons. The maximum atomic E-state index is 11.7. The molecule has 1 N–H and O–H groups in total. The van der Waals surface area contributed by atoms with E-state index in [9.17, 15) is 10.1 Å². The van der Waals surface area contributed by atoms with Crippen molar-refractivity contribution in [2.45, 2.75) is 6.42 Å². The van der Waals surface area contributed by atoms with Crippen LogP contribution in [0, 0.1) is 10.1 Å². The topological polar surface area (TPSA) is 103 Å². The molecule has 0 bridgehead atoms. The molecule has 0 saturated heterocycles. The van der Waals surface area contributed by atoms with E-state index in [1.54, 1.807) is 30.5 Å². The molecule has 9 nitrogen and oxygen atoms in total. The highest BCUT2D eigenvalue weighted by atomic mass is 32.1. The lowest BCUT2D eigenvalue weighted by Gasteiger charge is -2.23. The molecule has 0 atom stereocenters. The van der Waals surface area contributed by atoms with Gasteiger partial charge in [0.15, 0.2) is 0 Å². The molecule has 0 saturated carbocycles. The molecule has 0 aliphatic heterocycles. The van der Waals surface area contributed by atoms with Crippen LogP contribution < -0.4 is 10.2 Å². The SMILES string of the molecule is COCCN(CCOC)c1ncnc(NCCc2cccs2)c1[N+](=O)[O-]. The molecular weight excluding hydrogens is 358 g/mol. The summed E-state index contributed by atoms with van der Waals surface area (Å²) in [4.78, 5) is 22.4. The van der Waals surface area contributed by atoms with Gasteiger partial charge in [-0.05, 0) is 17.9 Å². The van der Waals surface area contributed by atoms with Crippen molar-refractivity contribution < 1.29 is 14.4 Å². The van der Waals surface area contributed by atoms with Crippen LogP contribution in [0.3, 0.4) is 0 Å². The fraction of sp³-hybridized carbons (Fsp3) is 0.500. The van der Waals surface area contributed by atoms with Crippen molar-refractivity contribution in [3.05, 3.63) is 38.8 Å². The molecule has 2 aromatic rings. The molecule has 0 spiro atoms. The molecule has 2 heterocycles. The first-order valence-electron chi connectivity index (χ1n) is 8.15. The smallest absolute Gasteiger partial charge is 0.353 e. The van der Waals surface area contributed by atoms with Crippen molar-refractivity contribution in [1.82, 2.24) is 9.97 Å². The van der Waals surface area contributed by atoms with E-state index in [0.29, 0.717) is 32.8 Å². The van der Waals surface area contributed by atoms with Crippen LogP contribution in [0.15, 0.2) is 23.8 Å². The summed E-state index contributed by atoms with van der Waals surface area (Å²) in [7, 11) is 3.17. The van der Waals surface area contributed by atoms with E-state index in [1.165, 1.54) is 11.2 Å². The van der Waals surface area contributed by atoms with Crippen LogP contribution >= 0.6 is 11.3 Å². The Morgan fingerprint density at radius 1 is 1.27 bits per heavy atom. The normalized spacial score (nSPS) is 10.7. The zero-order valence-corrected chi connectivity index (χ0v) is 15.7. The highest BCUT2D eigenvalue weighted by molar-refractivity contribution is 7.09. The summed E-state index contributed by atoms with van der Waals surface area (Å²) >= 11 is 1.65. The monoisotopic (exact) mass is 381 g/mol. The molecule has 0 aliphatic rings. The standard InChI is InChI=1S/C16H23N5O4S/c1-24-9-7-20(8-10-25-2)16-14(21(22)23)15(18-12-19-16)17-6-5-13-4-3-11-26-13/h3-4,11-12H,5-10H2,1-2H3,(H,17,18,19). The fourth-order valence-corrected chi connectivity index (χ4v) is 3.09. The number of anilines is 2. The fourth-order valence-electron chi connectivity index (χ4n) is 2.38. The largest absolute Gasteiger partial charge is 0.383 e. The van der Waals surface area contributed by atoms with Gasteiger partial charge >= 0.3 is 5.69 Å². The first kappa shape index (κ1) is 20.0. The number of ether oxygens (including phenoxy) is 2. The number of methoxy groups -OCH3 is 2. The van der Waals surface area contributed by atoms with Gasteiger partial charge in [-0.2, -0.15) is 0 Å². The summed E-state index contributed by atoms with van der Waals surface area (Å²) in [5.41, 5.74) is -0.133. The summed E-state index contributed by atoms with van der Waals surface area (Å²) in [6.45, 7) is 2.32. The maximum absolute atomic E-state index is 11.7. The van der Waals surface area contributed by atoms with Gasteiger partial charge in [0.1, 0.15) is 6.33 Å². The van der Waals surface area contributed by atoms with Gasteiger partial charge in [0.2, 0.25) is 11.6 Å². The number of nitrogens with zero attached hydrogens (tertiary/aromatic N) is 4. The Morgan fingerprint density at radius 2 is 2.00 bits per heavy atom. The molecule has 0 fully saturated rings. The van der Waals surface area contributed by atoms with Crippen molar-refractivity contribution >= 4 is 28.7 Å². The predicted octanol–water partition coefficient (Wildman–Crippen LogP) is 2.20. The zero-order chi connectivity index (χ0) is 18.8. The van der Waals surface area contributed by atoms with E-state index in [4.69, 9.17) is 9.47 Å². The van der Waals surface area contributed by atoms with E-state index in [-0.39, 0.29) is 17.3 Å². The lowest BCUT2D eigenvalue weighted by atomic mass is 10.3. The van der Waals surface area contributed by atoms with Gasteiger partial charge in [-0.25, -0.2) is 9.97 Å². The summed E-state index contributed by atoms with van der Waals surface area (Å²) in [5.74, 6) is 0.481. The number of nitrogens with one attached hydrogen (secondary N) is 1. The molecule has 0 aromatic carbocycles. The zero-order valence-electron chi connectivity index (χ0n) is 14.9. The van der Waals surface area contributed by atoms with Crippen molar-refractivity contribution in [2.24, 2.45) is 0 Å². The molecular formula is C16H23N5O4S. The second kappa shape index (κ2) is 10.6. The number of thiophene rings is 1. The molecule has 0 unspecified atom stereocenters. The Labute approximate surface area is 156 Å². The first-order chi connectivity index (χ1) is 12.7. The van der Waals surface area contributed by atoms with Crippen LogP contribution in [0.1, 0.15) is 4.88 Å². The van der Waals surface area contributed by atoms with E-state index < -0.39 is 4.92 Å². The van der Waals surface area contributed by atoms with Gasteiger partial charge in [-0.1, -0.05) is 6.07 Å². The minimum Gasteiger partial charge on any atom is -0.383 e. The van der Waals surface area contributed by atoms with Crippen molar-refractivity contribution in [2.75, 3.05) is 57.3 Å². The van der Waals surface area contributed by atoms with Crippen molar-refractivity contribution in [3.63, 3.8) is 0 Å². The first-order valence-corrected chi connectivity index (χ1v) is 9.03. The Bertz CT molecular complexity index is 675. The molecule has 2 aromatic heterocycles. The second-order valence-electron chi connectivity index (χ2n) is 5.38.